The zero-order valence-corrected chi connectivity index (χ0v) is 14.4. The van der Waals surface area contributed by atoms with Crippen molar-refractivity contribution >= 4 is 38.7 Å². The highest BCUT2D eigenvalue weighted by molar-refractivity contribution is 7.14. The summed E-state index contributed by atoms with van der Waals surface area (Å²) < 4.78 is 0. The molecule has 3 heterocycles. The van der Waals surface area contributed by atoms with Gasteiger partial charge in [-0.25, -0.2) is 4.98 Å². The number of hydrogen-bond acceptors (Lipinski definition) is 7. The Labute approximate surface area is 143 Å². The Hall–Kier alpha value is -1.95. The molecule has 2 aromatic rings. The number of hydrogen-bond donors (Lipinski definition) is 1. The molecule has 0 spiro atoms. The number of nitrogens with zero attached hydrogens (tertiary/aromatic N) is 4. The maximum Gasteiger partial charge on any atom is 0.239 e. The van der Waals surface area contributed by atoms with Crippen LogP contribution in [0, 0.1) is 11.3 Å². The summed E-state index contributed by atoms with van der Waals surface area (Å²) in [5.74, 6) is -0.0705. The van der Waals surface area contributed by atoms with E-state index in [0.717, 1.165) is 24.8 Å². The number of carbonyl (C=O) groups is 1. The van der Waals surface area contributed by atoms with Crippen LogP contribution in [0.4, 0.5) is 10.1 Å². The normalized spacial score (nSPS) is 18.6. The molecular formula is C15H17N5OS2. The summed E-state index contributed by atoms with van der Waals surface area (Å²) in [6.45, 7) is 5.01. The van der Waals surface area contributed by atoms with E-state index >= 15 is 0 Å². The lowest BCUT2D eigenvalue weighted by Crippen LogP contribution is -2.53. The average molecular weight is 347 g/mol. The van der Waals surface area contributed by atoms with Gasteiger partial charge in [0.05, 0.1) is 12.1 Å². The fourth-order valence-electron chi connectivity index (χ4n) is 2.68. The van der Waals surface area contributed by atoms with Gasteiger partial charge in [-0.15, -0.1) is 22.7 Å². The highest BCUT2D eigenvalue weighted by atomic mass is 32.1. The fourth-order valence-corrected chi connectivity index (χ4v) is 4.21. The van der Waals surface area contributed by atoms with Crippen LogP contribution >= 0.6 is 22.7 Å². The van der Waals surface area contributed by atoms with Crippen LogP contribution in [0.2, 0.25) is 0 Å². The monoisotopic (exact) mass is 347 g/mol. The summed E-state index contributed by atoms with van der Waals surface area (Å²) in [4.78, 5) is 21.0. The third-order valence-electron chi connectivity index (χ3n) is 3.78. The maximum absolute atomic E-state index is 12.2. The Morgan fingerprint density at radius 1 is 1.48 bits per heavy atom. The van der Waals surface area contributed by atoms with Crippen LogP contribution in [0.5, 0.6) is 0 Å². The highest BCUT2D eigenvalue weighted by Crippen LogP contribution is 2.24. The number of thiophene rings is 1. The van der Waals surface area contributed by atoms with Gasteiger partial charge in [0.1, 0.15) is 11.1 Å². The number of thiazole rings is 1. The van der Waals surface area contributed by atoms with Gasteiger partial charge in [0.2, 0.25) is 5.91 Å². The van der Waals surface area contributed by atoms with Crippen LogP contribution in [0.1, 0.15) is 12.5 Å². The summed E-state index contributed by atoms with van der Waals surface area (Å²) >= 11 is 3.02. The molecule has 2 aromatic heterocycles. The maximum atomic E-state index is 12.2. The first-order chi connectivity index (χ1) is 11.2. The zero-order valence-electron chi connectivity index (χ0n) is 12.7. The molecule has 1 aliphatic rings. The Bertz CT molecular complexity index is 706. The van der Waals surface area contributed by atoms with E-state index in [0.29, 0.717) is 23.2 Å². The molecule has 0 unspecified atom stereocenters. The molecule has 120 valence electrons. The van der Waals surface area contributed by atoms with Crippen molar-refractivity contribution in [1.29, 1.82) is 5.26 Å². The molecule has 8 heteroatoms. The Morgan fingerprint density at radius 3 is 3.04 bits per heavy atom. The van der Waals surface area contributed by atoms with E-state index < -0.39 is 0 Å². The summed E-state index contributed by atoms with van der Waals surface area (Å²) in [6, 6.07) is 4.12. The summed E-state index contributed by atoms with van der Waals surface area (Å²) in [6.07, 6.45) is 1.82. The van der Waals surface area contributed by atoms with Gasteiger partial charge in [-0.2, -0.15) is 5.26 Å². The molecule has 23 heavy (non-hydrogen) atoms. The van der Waals surface area contributed by atoms with Crippen LogP contribution in [-0.2, 0) is 4.79 Å². The van der Waals surface area contributed by atoms with Crippen molar-refractivity contribution in [3.05, 3.63) is 28.6 Å². The number of rotatable bonds is 4. The van der Waals surface area contributed by atoms with Gasteiger partial charge in [0.15, 0.2) is 5.13 Å². The van der Waals surface area contributed by atoms with Crippen molar-refractivity contribution < 1.29 is 4.79 Å². The molecule has 1 N–H and O–H groups in total. The lowest BCUT2D eigenvalue weighted by Gasteiger charge is -2.39. The van der Waals surface area contributed by atoms with E-state index in [-0.39, 0.29) is 5.91 Å². The van der Waals surface area contributed by atoms with E-state index in [4.69, 9.17) is 5.26 Å². The molecular weight excluding hydrogens is 330 g/mol. The van der Waals surface area contributed by atoms with Gasteiger partial charge >= 0.3 is 0 Å². The standard InChI is InChI=1S/C15H17N5OS2/c1-11-9-19(4-5-20(11)15-17-3-7-23-15)10-13(21)18-14-12(8-16)2-6-22-14/h2-3,6-7,11H,4-5,9-10H2,1H3,(H,18,21)/t11-/m1/s1. The summed E-state index contributed by atoms with van der Waals surface area (Å²) in [7, 11) is 0. The second-order valence-electron chi connectivity index (χ2n) is 5.42. The van der Waals surface area contributed by atoms with E-state index in [1.165, 1.54) is 11.3 Å². The predicted octanol–water partition coefficient (Wildman–Crippen LogP) is 2.23. The zero-order chi connectivity index (χ0) is 16.2. The molecule has 0 saturated carbocycles. The molecule has 0 bridgehead atoms. The van der Waals surface area contributed by atoms with Crippen molar-refractivity contribution in [1.82, 2.24) is 9.88 Å². The first kappa shape index (κ1) is 15.9. The van der Waals surface area contributed by atoms with E-state index in [1.807, 2.05) is 17.0 Å². The first-order valence-corrected chi connectivity index (χ1v) is 9.09. The number of carbonyl (C=O) groups excluding carboxylic acids is 1. The lowest BCUT2D eigenvalue weighted by molar-refractivity contribution is -0.117. The van der Waals surface area contributed by atoms with Gasteiger partial charge in [0, 0.05) is 37.3 Å². The van der Waals surface area contributed by atoms with Crippen molar-refractivity contribution in [2.24, 2.45) is 0 Å². The van der Waals surface area contributed by atoms with Gasteiger partial charge in [-0.1, -0.05) is 0 Å². The largest absolute Gasteiger partial charge is 0.343 e. The minimum absolute atomic E-state index is 0.0705. The summed E-state index contributed by atoms with van der Waals surface area (Å²) in [5.41, 5.74) is 0.519. The van der Waals surface area contributed by atoms with Crippen molar-refractivity contribution in [3.8, 4) is 6.07 Å². The Kier molecular flexibility index (Phi) is 4.91. The Balaban J connectivity index is 1.54. The third kappa shape index (κ3) is 3.69. The van der Waals surface area contributed by atoms with Gasteiger partial charge < -0.3 is 10.2 Å². The molecule has 1 amide bonds. The molecule has 1 atom stereocenters. The van der Waals surface area contributed by atoms with Crippen LogP contribution < -0.4 is 10.2 Å². The fraction of sp³-hybridized carbons (Fsp3) is 0.400. The molecule has 0 radical (unpaired) electrons. The van der Waals surface area contributed by atoms with E-state index in [1.54, 1.807) is 17.4 Å². The number of nitrogens with one attached hydrogen (secondary N) is 1. The third-order valence-corrected chi connectivity index (χ3v) is 5.42. The van der Waals surface area contributed by atoms with E-state index in [2.05, 4.69) is 33.1 Å². The van der Waals surface area contributed by atoms with E-state index in [9.17, 15) is 4.79 Å². The van der Waals surface area contributed by atoms with Crippen LogP contribution in [-0.4, -0.2) is 48.0 Å². The second kappa shape index (κ2) is 7.08. The molecule has 6 nitrogen and oxygen atoms in total. The molecule has 0 aliphatic carbocycles. The van der Waals surface area contributed by atoms with Crippen LogP contribution in [0.3, 0.4) is 0 Å². The Morgan fingerprint density at radius 2 is 2.35 bits per heavy atom. The van der Waals surface area contributed by atoms with Crippen LogP contribution in [0.15, 0.2) is 23.0 Å². The van der Waals surface area contributed by atoms with Gasteiger partial charge in [0.25, 0.3) is 0 Å². The predicted molar refractivity (Wildman–Crippen MR) is 93.0 cm³/mol. The quantitative estimate of drug-likeness (QED) is 0.918. The number of nitriles is 1. The molecule has 1 aliphatic heterocycles. The topological polar surface area (TPSA) is 72.3 Å². The van der Waals surface area contributed by atoms with Crippen molar-refractivity contribution in [2.75, 3.05) is 36.4 Å². The minimum Gasteiger partial charge on any atom is -0.343 e. The lowest BCUT2D eigenvalue weighted by atomic mass is 10.2. The first-order valence-electron chi connectivity index (χ1n) is 7.33. The minimum atomic E-state index is -0.0705. The highest BCUT2D eigenvalue weighted by Gasteiger charge is 2.26. The van der Waals surface area contributed by atoms with Gasteiger partial charge in [-0.05, 0) is 18.4 Å². The molecule has 0 aromatic carbocycles. The smallest absolute Gasteiger partial charge is 0.239 e. The molecule has 1 saturated heterocycles. The second-order valence-corrected chi connectivity index (χ2v) is 7.20. The molecule has 1 fully saturated rings. The van der Waals surface area contributed by atoms with Gasteiger partial charge in [-0.3, -0.25) is 9.69 Å². The number of anilines is 2. The number of aromatic nitrogens is 1. The van der Waals surface area contributed by atoms with Crippen molar-refractivity contribution in [2.45, 2.75) is 13.0 Å². The van der Waals surface area contributed by atoms with Crippen molar-refractivity contribution in [3.63, 3.8) is 0 Å². The average Bonchev–Trinajstić information content (AvgIpc) is 3.18. The number of piperazine rings is 1. The van der Waals surface area contributed by atoms with Crippen LogP contribution in [0.25, 0.3) is 0 Å². The summed E-state index contributed by atoms with van der Waals surface area (Å²) in [5, 5.41) is 17.3. The number of amides is 1. The molecule has 3 rings (SSSR count). The SMILES string of the molecule is C[C@@H]1CN(CC(=O)Nc2sccc2C#N)CCN1c1nccs1.